The molecule has 38 heavy (non-hydrogen) atoms. The molecule has 1 fully saturated rings. The SMILES string of the molecule is N[C@H]1CCCN(c2nc(O)c(/C(Cc3ccc(C(F)(F)F)cc3C(F)(F)F)=c3\ccc4c(c3)C=NN=4)s2)C1. The quantitative estimate of drug-likeness (QED) is 0.474. The topological polar surface area (TPSA) is 87.1 Å². The zero-order chi connectivity index (χ0) is 27.2. The Bertz CT molecular complexity index is 1530. The number of rotatable bonds is 4. The summed E-state index contributed by atoms with van der Waals surface area (Å²) >= 11 is 1.10. The zero-order valence-corrected chi connectivity index (χ0v) is 20.5. The maximum absolute atomic E-state index is 13.9. The van der Waals surface area contributed by atoms with Gasteiger partial charge in [0.1, 0.15) is 0 Å². The maximum Gasteiger partial charge on any atom is 0.416 e. The summed E-state index contributed by atoms with van der Waals surface area (Å²) < 4.78 is 81.5. The summed E-state index contributed by atoms with van der Waals surface area (Å²) in [5.41, 5.74) is 3.82. The number of aromatic nitrogens is 1. The molecule has 2 aliphatic heterocycles. The number of nitrogens with zero attached hydrogens (tertiary/aromatic N) is 4. The van der Waals surface area contributed by atoms with Crippen LogP contribution in [0.5, 0.6) is 5.88 Å². The van der Waals surface area contributed by atoms with E-state index in [1.807, 2.05) is 4.90 Å². The number of thiazole rings is 1. The van der Waals surface area contributed by atoms with Crippen LogP contribution in [-0.4, -0.2) is 35.4 Å². The highest BCUT2D eigenvalue weighted by molar-refractivity contribution is 7.17. The van der Waals surface area contributed by atoms with Gasteiger partial charge in [0.2, 0.25) is 5.88 Å². The first-order chi connectivity index (χ1) is 17.9. The number of halogens is 6. The highest BCUT2D eigenvalue weighted by atomic mass is 32.1. The number of aromatic hydroxyl groups is 1. The average Bonchev–Trinajstić information content (AvgIpc) is 3.47. The van der Waals surface area contributed by atoms with E-state index in [-0.39, 0.29) is 34.0 Å². The molecular formula is C25H21F6N5OS. The molecule has 2 aromatic carbocycles. The molecule has 13 heteroatoms. The van der Waals surface area contributed by atoms with Crippen molar-refractivity contribution in [3.05, 3.63) is 74.1 Å². The molecule has 0 radical (unpaired) electrons. The number of piperidine rings is 1. The van der Waals surface area contributed by atoms with E-state index >= 15 is 0 Å². The lowest BCUT2D eigenvalue weighted by Crippen LogP contribution is -2.42. The van der Waals surface area contributed by atoms with Gasteiger partial charge in [-0.3, -0.25) is 0 Å². The minimum atomic E-state index is -5.03. The number of alkyl halides is 6. The van der Waals surface area contributed by atoms with Crippen molar-refractivity contribution < 1.29 is 31.4 Å². The van der Waals surface area contributed by atoms with Gasteiger partial charge in [-0.1, -0.05) is 23.5 Å². The van der Waals surface area contributed by atoms with Crippen LogP contribution >= 0.6 is 11.3 Å². The molecule has 5 rings (SSSR count). The van der Waals surface area contributed by atoms with Gasteiger partial charge in [-0.2, -0.15) is 41.5 Å². The van der Waals surface area contributed by atoms with Gasteiger partial charge >= 0.3 is 12.4 Å². The second-order valence-electron chi connectivity index (χ2n) is 9.14. The van der Waals surface area contributed by atoms with Gasteiger partial charge in [0.05, 0.1) is 27.6 Å². The fourth-order valence-corrected chi connectivity index (χ4v) is 5.64. The molecule has 3 aromatic rings. The summed E-state index contributed by atoms with van der Waals surface area (Å²) in [6.45, 7) is 1.17. The number of hydrogen-bond donors (Lipinski definition) is 2. The first kappa shape index (κ1) is 26.2. The molecule has 0 saturated carbocycles. The van der Waals surface area contributed by atoms with Crippen LogP contribution in [0.15, 0.2) is 46.6 Å². The second kappa shape index (κ2) is 9.70. The Labute approximate surface area is 216 Å². The normalized spacial score (nSPS) is 18.4. The van der Waals surface area contributed by atoms with Crippen LogP contribution in [0, 0.1) is 0 Å². The molecule has 0 bridgehead atoms. The van der Waals surface area contributed by atoms with Crippen LogP contribution in [0.25, 0.3) is 5.57 Å². The molecule has 0 amide bonds. The highest BCUT2D eigenvalue weighted by Crippen LogP contribution is 2.41. The lowest BCUT2D eigenvalue weighted by atomic mass is 9.94. The van der Waals surface area contributed by atoms with Gasteiger partial charge in [-0.25, -0.2) is 0 Å². The lowest BCUT2D eigenvalue weighted by Gasteiger charge is -2.30. The van der Waals surface area contributed by atoms with Crippen molar-refractivity contribution in [1.29, 1.82) is 0 Å². The first-order valence-corrected chi connectivity index (χ1v) is 12.4. The summed E-state index contributed by atoms with van der Waals surface area (Å²) in [6.07, 6.45) is -7.23. The standard InChI is InChI=1S/C25H21F6N5OS/c26-24(27,28)16-5-3-14(19(10-16)25(29,30)31)9-18(13-4-6-20-15(8-13)11-33-35-20)21-22(37)34-23(38-21)36-7-1-2-17(32)12-36/h3-6,8,10-11,17,37H,1-2,7,9,12,32H2/b18-13+/t17-/m0/s1. The molecule has 1 saturated heterocycles. The van der Waals surface area contributed by atoms with Crippen LogP contribution < -0.4 is 21.2 Å². The Hall–Kier alpha value is -3.45. The van der Waals surface area contributed by atoms with Crippen molar-refractivity contribution in [2.45, 2.75) is 37.7 Å². The van der Waals surface area contributed by atoms with Gasteiger partial charge < -0.3 is 15.7 Å². The Kier molecular flexibility index (Phi) is 6.68. The third-order valence-electron chi connectivity index (χ3n) is 6.45. The zero-order valence-electron chi connectivity index (χ0n) is 19.6. The minimum Gasteiger partial charge on any atom is -0.492 e. The molecule has 6 nitrogen and oxygen atoms in total. The molecule has 0 aliphatic carbocycles. The van der Waals surface area contributed by atoms with E-state index in [2.05, 4.69) is 15.2 Å². The van der Waals surface area contributed by atoms with Crippen molar-refractivity contribution in [2.24, 2.45) is 15.9 Å². The molecule has 1 atom stereocenters. The van der Waals surface area contributed by atoms with E-state index in [4.69, 9.17) is 5.73 Å². The molecule has 1 aromatic heterocycles. The maximum atomic E-state index is 13.9. The van der Waals surface area contributed by atoms with Gasteiger partial charge in [0.25, 0.3) is 0 Å². The van der Waals surface area contributed by atoms with E-state index in [1.54, 1.807) is 18.2 Å². The van der Waals surface area contributed by atoms with Crippen molar-refractivity contribution >= 4 is 28.3 Å². The van der Waals surface area contributed by atoms with Gasteiger partial charge in [0.15, 0.2) is 5.13 Å². The number of nitrogens with two attached hydrogens (primary N) is 1. The van der Waals surface area contributed by atoms with Crippen LogP contribution in [0.4, 0.5) is 31.5 Å². The molecular weight excluding hydrogens is 532 g/mol. The molecule has 3 heterocycles. The third-order valence-corrected chi connectivity index (χ3v) is 7.61. The van der Waals surface area contributed by atoms with E-state index in [1.165, 1.54) is 6.21 Å². The highest BCUT2D eigenvalue weighted by Gasteiger charge is 2.38. The third kappa shape index (κ3) is 5.25. The number of anilines is 1. The average molecular weight is 554 g/mol. The molecule has 3 N–H and O–H groups in total. The number of fused-ring (bicyclic) bond motifs is 1. The van der Waals surface area contributed by atoms with Crippen molar-refractivity contribution in [3.63, 3.8) is 0 Å². The fraction of sp³-hybridized carbons (Fsp3) is 0.320. The van der Waals surface area contributed by atoms with Crippen molar-refractivity contribution in [2.75, 3.05) is 18.0 Å². The Balaban J connectivity index is 1.67. The summed E-state index contributed by atoms with van der Waals surface area (Å²) in [7, 11) is 0. The second-order valence-corrected chi connectivity index (χ2v) is 10.1. The molecule has 0 spiro atoms. The summed E-state index contributed by atoms with van der Waals surface area (Å²) in [5, 5.41) is 20.1. The largest absolute Gasteiger partial charge is 0.492 e. The van der Waals surface area contributed by atoms with Crippen molar-refractivity contribution in [3.8, 4) is 5.88 Å². The minimum absolute atomic E-state index is 0.0806. The predicted molar refractivity (Wildman–Crippen MR) is 131 cm³/mol. The van der Waals surface area contributed by atoms with Crippen LogP contribution in [0.1, 0.15) is 40.0 Å². The summed E-state index contributed by atoms with van der Waals surface area (Å²) in [4.78, 5) is 6.39. The Morgan fingerprint density at radius 1 is 1.08 bits per heavy atom. The monoisotopic (exact) mass is 553 g/mol. The van der Waals surface area contributed by atoms with Gasteiger partial charge in [0, 0.05) is 31.1 Å². The van der Waals surface area contributed by atoms with E-state index in [9.17, 15) is 31.4 Å². The van der Waals surface area contributed by atoms with Gasteiger partial charge in [-0.15, -0.1) is 0 Å². The lowest BCUT2D eigenvalue weighted by molar-refractivity contribution is -0.143. The first-order valence-electron chi connectivity index (χ1n) is 11.6. The van der Waals surface area contributed by atoms with E-state index < -0.39 is 29.9 Å². The van der Waals surface area contributed by atoms with E-state index in [0.717, 1.165) is 30.2 Å². The fourth-order valence-electron chi connectivity index (χ4n) is 4.58. The van der Waals surface area contributed by atoms with Crippen molar-refractivity contribution in [1.82, 2.24) is 4.98 Å². The predicted octanol–water partition coefficient (Wildman–Crippen LogP) is 4.22. The van der Waals surface area contributed by atoms with Crippen LogP contribution in [-0.2, 0) is 18.8 Å². The van der Waals surface area contributed by atoms with Gasteiger partial charge in [-0.05, 0) is 53.5 Å². The van der Waals surface area contributed by atoms with Crippen LogP contribution in [0.2, 0.25) is 0 Å². The summed E-state index contributed by atoms with van der Waals surface area (Å²) in [6, 6.07) is 6.42. The Morgan fingerprint density at radius 3 is 2.58 bits per heavy atom. The smallest absolute Gasteiger partial charge is 0.416 e. The van der Waals surface area contributed by atoms with Crippen LogP contribution in [0.3, 0.4) is 0 Å². The Morgan fingerprint density at radius 2 is 1.87 bits per heavy atom. The molecule has 2 aliphatic rings. The molecule has 200 valence electrons. The number of benzene rings is 2. The number of hydrogen-bond acceptors (Lipinski definition) is 7. The molecule has 0 unspecified atom stereocenters. The van der Waals surface area contributed by atoms with E-state index in [0.29, 0.717) is 40.4 Å². The summed E-state index contributed by atoms with van der Waals surface area (Å²) in [5.74, 6) is -0.376.